The van der Waals surface area contributed by atoms with E-state index in [9.17, 15) is 15.0 Å². The number of aryl methyl sites for hydroxylation is 1. The van der Waals surface area contributed by atoms with Crippen molar-refractivity contribution in [1.29, 1.82) is 0 Å². The molecule has 0 radical (unpaired) electrons. The van der Waals surface area contributed by atoms with Crippen molar-refractivity contribution in [3.05, 3.63) is 35.9 Å². The monoisotopic (exact) mass is 276 g/mol. The second-order valence-electron chi connectivity index (χ2n) is 5.80. The average Bonchev–Trinajstić information content (AvgIpc) is 2.46. The number of hydrogen-bond acceptors (Lipinski definition) is 3. The highest BCUT2D eigenvalue weighted by atomic mass is 16.3. The van der Waals surface area contributed by atoms with Gasteiger partial charge in [-0.1, -0.05) is 36.8 Å². The smallest absolute Gasteiger partial charge is 0.138 e. The first-order valence-corrected chi connectivity index (χ1v) is 7.59. The summed E-state index contributed by atoms with van der Waals surface area (Å²) in [4.78, 5) is 11.8. The predicted octanol–water partition coefficient (Wildman–Crippen LogP) is 2.49. The normalized spacial score (nSPS) is 22.5. The van der Waals surface area contributed by atoms with E-state index < -0.39 is 12.2 Å². The maximum atomic E-state index is 11.8. The first-order valence-electron chi connectivity index (χ1n) is 7.59. The van der Waals surface area contributed by atoms with E-state index in [1.807, 2.05) is 30.3 Å². The van der Waals surface area contributed by atoms with Gasteiger partial charge in [0.1, 0.15) is 5.78 Å². The minimum absolute atomic E-state index is 0.166. The highest BCUT2D eigenvalue weighted by molar-refractivity contribution is 5.82. The van der Waals surface area contributed by atoms with Crippen LogP contribution in [-0.2, 0) is 11.2 Å². The van der Waals surface area contributed by atoms with Crippen molar-refractivity contribution in [3.8, 4) is 0 Å². The lowest BCUT2D eigenvalue weighted by Crippen LogP contribution is -2.33. The molecule has 0 bridgehead atoms. The molecule has 0 spiro atoms. The Bertz CT molecular complexity index is 416. The van der Waals surface area contributed by atoms with E-state index >= 15 is 0 Å². The Balaban J connectivity index is 1.76. The summed E-state index contributed by atoms with van der Waals surface area (Å²) in [5.41, 5.74) is 1.19. The second-order valence-corrected chi connectivity index (χ2v) is 5.80. The van der Waals surface area contributed by atoms with Gasteiger partial charge in [0.2, 0.25) is 0 Å². The van der Waals surface area contributed by atoms with Crippen LogP contribution in [0.2, 0.25) is 0 Å². The third-order valence-corrected chi connectivity index (χ3v) is 4.19. The van der Waals surface area contributed by atoms with Crippen LogP contribution in [0.15, 0.2) is 30.3 Å². The molecule has 3 unspecified atom stereocenters. The van der Waals surface area contributed by atoms with Crippen LogP contribution < -0.4 is 0 Å². The van der Waals surface area contributed by atoms with Gasteiger partial charge in [0, 0.05) is 12.3 Å². The molecule has 0 amide bonds. The van der Waals surface area contributed by atoms with Gasteiger partial charge in [0.15, 0.2) is 0 Å². The van der Waals surface area contributed by atoms with Crippen molar-refractivity contribution in [2.45, 2.75) is 57.2 Å². The molecule has 1 fully saturated rings. The quantitative estimate of drug-likeness (QED) is 0.839. The van der Waals surface area contributed by atoms with Crippen LogP contribution in [-0.4, -0.2) is 28.2 Å². The van der Waals surface area contributed by atoms with Gasteiger partial charge in [0.05, 0.1) is 12.2 Å². The lowest BCUT2D eigenvalue weighted by atomic mass is 9.82. The number of rotatable bonds is 6. The van der Waals surface area contributed by atoms with Crippen LogP contribution in [0.4, 0.5) is 0 Å². The Morgan fingerprint density at radius 1 is 1.15 bits per heavy atom. The number of benzene rings is 1. The fourth-order valence-corrected chi connectivity index (χ4v) is 2.96. The van der Waals surface area contributed by atoms with E-state index in [0.717, 1.165) is 25.7 Å². The number of Topliss-reactive ketones (excluding diaryl/α,β-unsaturated/α-hetero) is 1. The molecule has 1 aliphatic rings. The molecule has 3 heteroatoms. The van der Waals surface area contributed by atoms with Crippen molar-refractivity contribution >= 4 is 5.78 Å². The standard InChI is InChI=1S/C17H24O3/c18-14(11-10-13-6-2-1-3-7-13)12-17(20)15-8-4-5-9-16(15)19/h1-3,6-7,14-15,17-18,20H,4-5,8-12H2. The second kappa shape index (κ2) is 7.55. The summed E-state index contributed by atoms with van der Waals surface area (Å²) in [5, 5.41) is 20.2. The molecule has 2 rings (SSSR count). The van der Waals surface area contributed by atoms with Gasteiger partial charge < -0.3 is 10.2 Å². The van der Waals surface area contributed by atoms with Gasteiger partial charge >= 0.3 is 0 Å². The van der Waals surface area contributed by atoms with Crippen LogP contribution in [0, 0.1) is 5.92 Å². The zero-order chi connectivity index (χ0) is 14.4. The summed E-state index contributed by atoms with van der Waals surface area (Å²) in [7, 11) is 0. The summed E-state index contributed by atoms with van der Waals surface area (Å²) in [6, 6.07) is 10.0. The molecular formula is C17H24O3. The van der Waals surface area contributed by atoms with Crippen molar-refractivity contribution in [1.82, 2.24) is 0 Å². The lowest BCUT2D eigenvalue weighted by Gasteiger charge is -2.26. The van der Waals surface area contributed by atoms with Gasteiger partial charge in [-0.15, -0.1) is 0 Å². The van der Waals surface area contributed by atoms with E-state index in [1.54, 1.807) is 0 Å². The molecule has 0 aliphatic heterocycles. The first-order chi connectivity index (χ1) is 9.66. The average molecular weight is 276 g/mol. The highest BCUT2D eigenvalue weighted by Crippen LogP contribution is 2.26. The summed E-state index contributed by atoms with van der Waals surface area (Å²) >= 11 is 0. The zero-order valence-electron chi connectivity index (χ0n) is 11.9. The third kappa shape index (κ3) is 4.43. The van der Waals surface area contributed by atoms with E-state index in [-0.39, 0.29) is 11.7 Å². The zero-order valence-corrected chi connectivity index (χ0v) is 11.9. The predicted molar refractivity (Wildman–Crippen MR) is 78.4 cm³/mol. The molecule has 1 aliphatic carbocycles. The Morgan fingerprint density at radius 3 is 2.60 bits per heavy atom. The van der Waals surface area contributed by atoms with Crippen LogP contribution in [0.3, 0.4) is 0 Å². The Kier molecular flexibility index (Phi) is 5.74. The highest BCUT2D eigenvalue weighted by Gasteiger charge is 2.30. The van der Waals surface area contributed by atoms with E-state index in [1.165, 1.54) is 5.56 Å². The van der Waals surface area contributed by atoms with Crippen molar-refractivity contribution in [3.63, 3.8) is 0 Å². The maximum Gasteiger partial charge on any atom is 0.138 e. The molecule has 1 aromatic rings. The van der Waals surface area contributed by atoms with Gasteiger partial charge in [-0.05, 0) is 37.7 Å². The molecule has 0 aromatic heterocycles. The summed E-state index contributed by atoms with van der Waals surface area (Å²) in [6.07, 6.45) is 3.81. The van der Waals surface area contributed by atoms with Crippen LogP contribution in [0.5, 0.6) is 0 Å². The van der Waals surface area contributed by atoms with Gasteiger partial charge in [-0.25, -0.2) is 0 Å². The lowest BCUT2D eigenvalue weighted by molar-refractivity contribution is -0.129. The minimum atomic E-state index is -0.687. The number of aliphatic hydroxyl groups excluding tert-OH is 2. The van der Waals surface area contributed by atoms with E-state index in [2.05, 4.69) is 0 Å². The molecule has 1 aromatic carbocycles. The molecule has 0 saturated heterocycles. The summed E-state index contributed by atoms with van der Waals surface area (Å²) in [5.74, 6) is -0.0888. The Morgan fingerprint density at radius 2 is 1.90 bits per heavy atom. The van der Waals surface area contributed by atoms with Crippen LogP contribution in [0.1, 0.15) is 44.1 Å². The summed E-state index contributed by atoms with van der Waals surface area (Å²) < 4.78 is 0. The number of carbonyl (C=O) groups excluding carboxylic acids is 1. The number of carbonyl (C=O) groups is 1. The number of hydrogen-bond donors (Lipinski definition) is 2. The topological polar surface area (TPSA) is 57.5 Å². The van der Waals surface area contributed by atoms with Gasteiger partial charge in [0.25, 0.3) is 0 Å². The minimum Gasteiger partial charge on any atom is -0.393 e. The molecule has 0 heterocycles. The summed E-state index contributed by atoms with van der Waals surface area (Å²) in [6.45, 7) is 0. The van der Waals surface area contributed by atoms with Gasteiger partial charge in [-0.2, -0.15) is 0 Å². The largest absolute Gasteiger partial charge is 0.393 e. The number of ketones is 1. The molecule has 3 nitrogen and oxygen atoms in total. The Hall–Kier alpha value is -1.19. The Labute approximate surface area is 120 Å². The molecule has 110 valence electrons. The molecule has 2 N–H and O–H groups in total. The number of aliphatic hydroxyl groups is 2. The molecular weight excluding hydrogens is 252 g/mol. The van der Waals surface area contributed by atoms with Gasteiger partial charge in [-0.3, -0.25) is 4.79 Å². The SMILES string of the molecule is O=C1CCCCC1C(O)CC(O)CCc1ccccc1. The van der Waals surface area contributed by atoms with E-state index in [4.69, 9.17) is 0 Å². The van der Waals surface area contributed by atoms with Crippen molar-refractivity contribution in [2.24, 2.45) is 5.92 Å². The fourth-order valence-electron chi connectivity index (χ4n) is 2.96. The maximum absolute atomic E-state index is 11.8. The molecule has 20 heavy (non-hydrogen) atoms. The van der Waals surface area contributed by atoms with Crippen LogP contribution >= 0.6 is 0 Å². The first kappa shape index (κ1) is 15.2. The third-order valence-electron chi connectivity index (χ3n) is 4.19. The van der Waals surface area contributed by atoms with Crippen molar-refractivity contribution < 1.29 is 15.0 Å². The molecule has 1 saturated carbocycles. The molecule has 3 atom stereocenters. The van der Waals surface area contributed by atoms with E-state index in [0.29, 0.717) is 19.3 Å². The van der Waals surface area contributed by atoms with Crippen molar-refractivity contribution in [2.75, 3.05) is 0 Å². The fraction of sp³-hybridized carbons (Fsp3) is 0.588. The van der Waals surface area contributed by atoms with Crippen LogP contribution in [0.25, 0.3) is 0 Å².